The van der Waals surface area contributed by atoms with Crippen LogP contribution in [0.4, 0.5) is 17.5 Å². The van der Waals surface area contributed by atoms with E-state index in [0.29, 0.717) is 0 Å². The molecule has 1 N–H and O–H groups in total. The Morgan fingerprint density at radius 2 is 1.90 bits per heavy atom. The van der Waals surface area contributed by atoms with Crippen molar-refractivity contribution in [2.75, 3.05) is 23.3 Å². The summed E-state index contributed by atoms with van der Waals surface area (Å²) < 4.78 is 0. The predicted molar refractivity (Wildman–Crippen MR) is 89.4 cm³/mol. The largest absolute Gasteiger partial charge is 0.370 e. The van der Waals surface area contributed by atoms with E-state index in [1.807, 2.05) is 13.0 Å². The molecule has 4 nitrogen and oxygen atoms in total. The van der Waals surface area contributed by atoms with Gasteiger partial charge in [-0.3, -0.25) is 0 Å². The van der Waals surface area contributed by atoms with Gasteiger partial charge in [0.15, 0.2) is 0 Å². The molecule has 0 fully saturated rings. The van der Waals surface area contributed by atoms with Gasteiger partial charge in [-0.1, -0.05) is 19.1 Å². The van der Waals surface area contributed by atoms with Crippen molar-refractivity contribution >= 4 is 17.5 Å². The van der Waals surface area contributed by atoms with Gasteiger partial charge in [-0.25, -0.2) is 4.98 Å². The molecule has 0 atom stereocenters. The van der Waals surface area contributed by atoms with Crippen molar-refractivity contribution in [3.05, 3.63) is 41.6 Å². The number of anilines is 3. The first-order valence-electron chi connectivity index (χ1n) is 7.57. The molecule has 4 heteroatoms. The molecule has 0 amide bonds. The van der Waals surface area contributed by atoms with Crippen LogP contribution in [0.25, 0.3) is 0 Å². The van der Waals surface area contributed by atoms with Crippen LogP contribution >= 0.6 is 0 Å². The monoisotopic (exact) mass is 284 g/mol. The van der Waals surface area contributed by atoms with Crippen LogP contribution in [-0.2, 0) is 0 Å². The number of aromatic nitrogens is 2. The maximum atomic E-state index is 4.65. The summed E-state index contributed by atoms with van der Waals surface area (Å²) >= 11 is 0. The molecule has 0 radical (unpaired) electrons. The van der Waals surface area contributed by atoms with E-state index in [4.69, 9.17) is 0 Å². The Hall–Kier alpha value is -2.10. The quantitative estimate of drug-likeness (QED) is 0.868. The van der Waals surface area contributed by atoms with Crippen molar-refractivity contribution in [3.63, 3.8) is 0 Å². The van der Waals surface area contributed by atoms with Crippen molar-refractivity contribution < 1.29 is 0 Å². The fourth-order valence-corrected chi connectivity index (χ4v) is 2.25. The van der Waals surface area contributed by atoms with Crippen LogP contribution in [0.3, 0.4) is 0 Å². The molecule has 2 aromatic rings. The van der Waals surface area contributed by atoms with Crippen LogP contribution in [0, 0.1) is 13.8 Å². The minimum Gasteiger partial charge on any atom is -0.370 e. The second kappa shape index (κ2) is 7.07. The highest BCUT2D eigenvalue weighted by atomic mass is 15.3. The van der Waals surface area contributed by atoms with Gasteiger partial charge in [0.1, 0.15) is 5.82 Å². The van der Waals surface area contributed by atoms with Crippen molar-refractivity contribution in [2.45, 2.75) is 34.1 Å². The van der Waals surface area contributed by atoms with E-state index in [-0.39, 0.29) is 0 Å². The van der Waals surface area contributed by atoms with Gasteiger partial charge in [-0.05, 0) is 44.9 Å². The maximum absolute atomic E-state index is 4.65. The van der Waals surface area contributed by atoms with Crippen LogP contribution < -0.4 is 10.2 Å². The second-order valence-corrected chi connectivity index (χ2v) is 5.20. The molecular weight excluding hydrogens is 260 g/mol. The molecule has 0 saturated heterocycles. The highest BCUT2D eigenvalue weighted by Gasteiger charge is 2.12. The Morgan fingerprint density at radius 3 is 2.57 bits per heavy atom. The van der Waals surface area contributed by atoms with Gasteiger partial charge >= 0.3 is 0 Å². The third-order valence-electron chi connectivity index (χ3n) is 3.27. The highest BCUT2D eigenvalue weighted by molar-refractivity contribution is 5.59. The number of aryl methyl sites for hydroxylation is 2. The second-order valence-electron chi connectivity index (χ2n) is 5.20. The number of benzene rings is 1. The standard InChI is InChI=1S/C17H24N4/c1-5-10-18-16-12-14(4)19-17(20-16)21(6-2)15-9-7-8-13(3)11-15/h7-9,11-12H,5-6,10H2,1-4H3,(H,18,19,20). The van der Waals surface area contributed by atoms with Gasteiger partial charge in [0.05, 0.1) is 0 Å². The molecular formula is C17H24N4. The Morgan fingerprint density at radius 1 is 1.10 bits per heavy atom. The lowest BCUT2D eigenvalue weighted by Crippen LogP contribution is -2.20. The normalized spacial score (nSPS) is 10.5. The van der Waals surface area contributed by atoms with E-state index in [2.05, 4.69) is 65.2 Å². The lowest BCUT2D eigenvalue weighted by atomic mass is 10.2. The predicted octanol–water partition coefficient (Wildman–Crippen LogP) is 4.07. The van der Waals surface area contributed by atoms with E-state index in [9.17, 15) is 0 Å². The summed E-state index contributed by atoms with van der Waals surface area (Å²) in [7, 11) is 0. The van der Waals surface area contributed by atoms with E-state index in [1.165, 1.54) is 5.56 Å². The Labute approximate surface area is 127 Å². The third-order valence-corrected chi connectivity index (χ3v) is 3.27. The highest BCUT2D eigenvalue weighted by Crippen LogP contribution is 2.24. The van der Waals surface area contributed by atoms with Crippen molar-refractivity contribution in [1.82, 2.24) is 9.97 Å². The van der Waals surface area contributed by atoms with Gasteiger partial charge in [0, 0.05) is 30.5 Å². The number of hydrogen-bond donors (Lipinski definition) is 1. The van der Waals surface area contributed by atoms with Gasteiger partial charge in [-0.15, -0.1) is 0 Å². The summed E-state index contributed by atoms with van der Waals surface area (Å²) in [6, 6.07) is 10.4. The zero-order chi connectivity index (χ0) is 15.2. The molecule has 0 aliphatic rings. The van der Waals surface area contributed by atoms with Crippen molar-refractivity contribution in [2.24, 2.45) is 0 Å². The molecule has 1 aromatic heterocycles. The van der Waals surface area contributed by atoms with Crippen LogP contribution in [-0.4, -0.2) is 23.1 Å². The maximum Gasteiger partial charge on any atom is 0.232 e. The summed E-state index contributed by atoms with van der Waals surface area (Å²) in [5.74, 6) is 1.65. The van der Waals surface area contributed by atoms with Crippen LogP contribution in [0.2, 0.25) is 0 Å². The molecule has 2 rings (SSSR count). The summed E-state index contributed by atoms with van der Waals surface area (Å²) in [5.41, 5.74) is 3.34. The lowest BCUT2D eigenvalue weighted by molar-refractivity contribution is 0.918. The van der Waals surface area contributed by atoms with Gasteiger partial charge in [0.25, 0.3) is 0 Å². The van der Waals surface area contributed by atoms with Crippen LogP contribution in [0.1, 0.15) is 31.5 Å². The number of rotatable bonds is 6. The molecule has 0 bridgehead atoms. The molecule has 1 aromatic carbocycles. The molecule has 112 valence electrons. The van der Waals surface area contributed by atoms with Crippen molar-refractivity contribution in [1.29, 1.82) is 0 Å². The summed E-state index contributed by atoms with van der Waals surface area (Å²) in [6.45, 7) is 10.1. The minimum atomic E-state index is 0.752. The SMILES string of the molecule is CCCNc1cc(C)nc(N(CC)c2cccc(C)c2)n1. The van der Waals surface area contributed by atoms with Crippen molar-refractivity contribution in [3.8, 4) is 0 Å². The number of nitrogens with zero attached hydrogens (tertiary/aromatic N) is 3. The first kappa shape index (κ1) is 15.3. The summed E-state index contributed by atoms with van der Waals surface area (Å²) in [6.07, 6.45) is 1.08. The van der Waals surface area contributed by atoms with E-state index < -0.39 is 0 Å². The minimum absolute atomic E-state index is 0.752. The fraction of sp³-hybridized carbons (Fsp3) is 0.412. The Bertz CT molecular complexity index is 595. The average Bonchev–Trinajstić information content (AvgIpc) is 2.45. The van der Waals surface area contributed by atoms with E-state index in [1.54, 1.807) is 0 Å². The summed E-state index contributed by atoms with van der Waals surface area (Å²) in [4.78, 5) is 11.4. The lowest BCUT2D eigenvalue weighted by Gasteiger charge is -2.22. The van der Waals surface area contributed by atoms with Crippen LogP contribution in [0.5, 0.6) is 0 Å². The zero-order valence-electron chi connectivity index (χ0n) is 13.3. The Balaban J connectivity index is 2.35. The molecule has 0 aliphatic carbocycles. The summed E-state index contributed by atoms with van der Waals surface area (Å²) in [5, 5.41) is 3.34. The van der Waals surface area contributed by atoms with Crippen LogP contribution in [0.15, 0.2) is 30.3 Å². The molecule has 0 aliphatic heterocycles. The molecule has 0 saturated carbocycles. The first-order chi connectivity index (χ1) is 10.1. The topological polar surface area (TPSA) is 41.1 Å². The van der Waals surface area contributed by atoms with E-state index in [0.717, 1.165) is 42.7 Å². The first-order valence-corrected chi connectivity index (χ1v) is 7.57. The number of nitrogens with one attached hydrogen (secondary N) is 1. The van der Waals surface area contributed by atoms with Gasteiger partial charge in [0.2, 0.25) is 5.95 Å². The molecule has 0 spiro atoms. The average molecular weight is 284 g/mol. The smallest absolute Gasteiger partial charge is 0.232 e. The number of hydrogen-bond acceptors (Lipinski definition) is 4. The van der Waals surface area contributed by atoms with Gasteiger partial charge < -0.3 is 10.2 Å². The molecule has 1 heterocycles. The molecule has 21 heavy (non-hydrogen) atoms. The zero-order valence-corrected chi connectivity index (χ0v) is 13.3. The molecule has 0 unspecified atom stereocenters. The Kier molecular flexibility index (Phi) is 5.14. The fourth-order valence-electron chi connectivity index (χ4n) is 2.25. The van der Waals surface area contributed by atoms with E-state index >= 15 is 0 Å². The third kappa shape index (κ3) is 3.94. The van der Waals surface area contributed by atoms with Gasteiger partial charge in [-0.2, -0.15) is 4.98 Å².